The summed E-state index contributed by atoms with van der Waals surface area (Å²) in [7, 11) is 0. The number of benzene rings is 2. The molecule has 1 atom stereocenters. The Morgan fingerprint density at radius 2 is 1.94 bits per heavy atom. The number of allylic oxidation sites excluding steroid dienone is 1. The van der Waals surface area contributed by atoms with Crippen LogP contribution in [-0.4, -0.2) is 29.7 Å². The lowest BCUT2D eigenvalue weighted by Gasteiger charge is -2.40. The van der Waals surface area contributed by atoms with Crippen molar-refractivity contribution in [2.24, 2.45) is 5.73 Å². The number of likely N-dealkylation sites (tertiary alicyclic amines) is 1. The zero-order chi connectivity index (χ0) is 23.8. The second-order valence-corrected chi connectivity index (χ2v) is 12.2. The number of fused-ring (bicyclic) bond motifs is 3. The smallest absolute Gasteiger partial charge is 0.143 e. The van der Waals surface area contributed by atoms with Crippen LogP contribution in [-0.2, 0) is 24.1 Å². The molecule has 1 saturated heterocycles. The van der Waals surface area contributed by atoms with E-state index in [0.717, 1.165) is 67.3 Å². The molecule has 0 saturated carbocycles. The van der Waals surface area contributed by atoms with Gasteiger partial charge in [0.15, 0.2) is 0 Å². The normalized spacial score (nSPS) is 19.4. The molecular formula is C29H32N2O2S2. The summed E-state index contributed by atoms with van der Waals surface area (Å²) in [5.41, 5.74) is 12.4. The maximum Gasteiger partial charge on any atom is 0.143 e. The summed E-state index contributed by atoms with van der Waals surface area (Å²) in [6, 6.07) is 17.0. The summed E-state index contributed by atoms with van der Waals surface area (Å²) in [6.45, 7) is 3.02. The standard InChI is InChI=1S/C29H32N2O2S2/c30-17-21-10-11-25-24(16-21)29(19-33-25)12-14-31(15-13-29)27(32)26-22-8-4-5-9-23(22)28(35-26)34-18-20-6-2-1-3-7-20/h1-3,5-7,9-11,16,27,32H,4,8,12-15,17-19,30H2. The lowest BCUT2D eigenvalue weighted by atomic mass is 9.74. The van der Waals surface area contributed by atoms with Gasteiger partial charge in [-0.25, -0.2) is 0 Å². The molecule has 1 aliphatic carbocycles. The van der Waals surface area contributed by atoms with Gasteiger partial charge in [0.2, 0.25) is 0 Å². The fourth-order valence-corrected chi connectivity index (χ4v) is 8.29. The van der Waals surface area contributed by atoms with Crippen molar-refractivity contribution in [1.29, 1.82) is 0 Å². The summed E-state index contributed by atoms with van der Waals surface area (Å²) in [4.78, 5) is 3.41. The van der Waals surface area contributed by atoms with Gasteiger partial charge in [0.25, 0.3) is 0 Å². The van der Waals surface area contributed by atoms with Gasteiger partial charge >= 0.3 is 0 Å². The molecule has 1 aromatic heterocycles. The lowest BCUT2D eigenvalue weighted by molar-refractivity contribution is -0.0241. The van der Waals surface area contributed by atoms with Gasteiger partial charge in [0.05, 0.1) is 15.7 Å². The van der Waals surface area contributed by atoms with Crippen LogP contribution in [0.15, 0.2) is 58.8 Å². The Hall–Kier alpha value is -2.09. The van der Waals surface area contributed by atoms with E-state index in [9.17, 15) is 5.11 Å². The van der Waals surface area contributed by atoms with Crippen molar-refractivity contribution in [2.45, 2.75) is 53.8 Å². The van der Waals surface area contributed by atoms with Crippen LogP contribution in [0.25, 0.3) is 6.08 Å². The quantitative estimate of drug-likeness (QED) is 0.411. The molecular weight excluding hydrogens is 472 g/mol. The summed E-state index contributed by atoms with van der Waals surface area (Å²) in [5, 5.41) is 11.6. The molecule has 4 nitrogen and oxygen atoms in total. The third-order valence-electron chi connectivity index (χ3n) is 7.79. The highest BCUT2D eigenvalue weighted by molar-refractivity contribution is 8.00. The summed E-state index contributed by atoms with van der Waals surface area (Å²) >= 11 is 3.69. The van der Waals surface area contributed by atoms with E-state index in [1.54, 1.807) is 11.3 Å². The fraction of sp³-hybridized carbons (Fsp3) is 0.379. The second-order valence-electron chi connectivity index (χ2n) is 9.87. The molecule has 6 rings (SSSR count). The SMILES string of the molecule is NCc1ccc2c(c1)C1(CCN(C(O)c3sc(SCc4ccccc4)c4c3CCC=C4)CC1)CO2. The van der Waals surface area contributed by atoms with Crippen LogP contribution in [0.5, 0.6) is 5.75 Å². The number of hydrogen-bond donors (Lipinski definition) is 2. The van der Waals surface area contributed by atoms with Crippen molar-refractivity contribution >= 4 is 29.2 Å². The number of aliphatic hydroxyl groups is 1. The third kappa shape index (κ3) is 4.36. The maximum absolute atomic E-state index is 11.6. The van der Waals surface area contributed by atoms with Crippen LogP contribution in [0.3, 0.4) is 0 Å². The average molecular weight is 505 g/mol. The Labute approximate surface area is 215 Å². The zero-order valence-electron chi connectivity index (χ0n) is 19.9. The van der Waals surface area contributed by atoms with Crippen molar-refractivity contribution in [3.63, 3.8) is 0 Å². The van der Waals surface area contributed by atoms with Crippen molar-refractivity contribution < 1.29 is 9.84 Å². The van der Waals surface area contributed by atoms with Gasteiger partial charge < -0.3 is 15.6 Å². The zero-order valence-corrected chi connectivity index (χ0v) is 21.5. The monoisotopic (exact) mass is 504 g/mol. The summed E-state index contributed by atoms with van der Waals surface area (Å²) in [5.74, 6) is 1.96. The lowest BCUT2D eigenvalue weighted by Crippen LogP contribution is -2.45. The number of nitrogens with zero attached hydrogens (tertiary/aromatic N) is 1. The van der Waals surface area contributed by atoms with E-state index >= 15 is 0 Å². The minimum atomic E-state index is -0.541. The minimum absolute atomic E-state index is 0.0467. The number of thiophene rings is 1. The molecule has 35 heavy (non-hydrogen) atoms. The van der Waals surface area contributed by atoms with Gasteiger partial charge in [-0.15, -0.1) is 23.1 Å². The number of ether oxygens (including phenoxy) is 1. The van der Waals surface area contributed by atoms with Crippen molar-refractivity contribution in [3.05, 3.63) is 87.3 Å². The summed E-state index contributed by atoms with van der Waals surface area (Å²) < 4.78 is 7.41. The van der Waals surface area contributed by atoms with E-state index in [-0.39, 0.29) is 5.41 Å². The first-order valence-electron chi connectivity index (χ1n) is 12.5. The molecule has 2 aliphatic heterocycles. The van der Waals surface area contributed by atoms with Gasteiger partial charge in [-0.2, -0.15) is 0 Å². The molecule has 1 fully saturated rings. The van der Waals surface area contributed by atoms with Crippen LogP contribution in [0.4, 0.5) is 0 Å². The van der Waals surface area contributed by atoms with Gasteiger partial charge in [0, 0.05) is 41.9 Å². The van der Waals surface area contributed by atoms with E-state index < -0.39 is 6.23 Å². The number of aliphatic hydroxyl groups excluding tert-OH is 1. The van der Waals surface area contributed by atoms with Crippen molar-refractivity contribution in [1.82, 2.24) is 4.90 Å². The molecule has 3 aromatic rings. The Bertz CT molecular complexity index is 1230. The molecule has 0 radical (unpaired) electrons. The molecule has 3 heterocycles. The minimum Gasteiger partial charge on any atom is -0.492 e. The number of piperidine rings is 1. The topological polar surface area (TPSA) is 58.7 Å². The van der Waals surface area contributed by atoms with Gasteiger partial charge in [-0.1, -0.05) is 54.6 Å². The van der Waals surface area contributed by atoms with Gasteiger partial charge in [0.1, 0.15) is 12.0 Å². The van der Waals surface area contributed by atoms with Crippen LogP contribution < -0.4 is 10.5 Å². The van der Waals surface area contributed by atoms with Crippen LogP contribution in [0.1, 0.15) is 58.2 Å². The van der Waals surface area contributed by atoms with Crippen LogP contribution in [0.2, 0.25) is 0 Å². The van der Waals surface area contributed by atoms with Crippen LogP contribution >= 0.6 is 23.1 Å². The second kappa shape index (κ2) is 9.75. The molecule has 2 aromatic carbocycles. The van der Waals surface area contributed by atoms with E-state index in [2.05, 4.69) is 65.6 Å². The van der Waals surface area contributed by atoms with E-state index in [0.29, 0.717) is 6.54 Å². The van der Waals surface area contributed by atoms with E-state index in [4.69, 9.17) is 10.5 Å². The Morgan fingerprint density at radius 3 is 2.74 bits per heavy atom. The predicted molar refractivity (Wildman–Crippen MR) is 145 cm³/mol. The van der Waals surface area contributed by atoms with E-state index in [1.165, 1.54) is 26.5 Å². The first-order chi connectivity index (χ1) is 17.2. The number of nitrogens with two attached hydrogens (primary N) is 1. The molecule has 0 amide bonds. The molecule has 1 spiro atoms. The number of thioether (sulfide) groups is 1. The van der Waals surface area contributed by atoms with Gasteiger partial charge in [-0.3, -0.25) is 4.90 Å². The maximum atomic E-state index is 11.6. The van der Waals surface area contributed by atoms with Gasteiger partial charge in [-0.05, 0) is 48.4 Å². The molecule has 182 valence electrons. The van der Waals surface area contributed by atoms with Crippen LogP contribution in [0, 0.1) is 0 Å². The molecule has 3 aliphatic rings. The van der Waals surface area contributed by atoms with E-state index in [1.807, 2.05) is 11.8 Å². The van der Waals surface area contributed by atoms with Crippen molar-refractivity contribution in [3.8, 4) is 5.75 Å². The highest BCUT2D eigenvalue weighted by Crippen LogP contribution is 2.48. The highest BCUT2D eigenvalue weighted by Gasteiger charge is 2.44. The first kappa shape index (κ1) is 23.3. The van der Waals surface area contributed by atoms with Crippen molar-refractivity contribution in [2.75, 3.05) is 19.7 Å². The largest absolute Gasteiger partial charge is 0.492 e. The molecule has 6 heteroatoms. The molecule has 3 N–H and O–H groups in total. The number of rotatable bonds is 6. The Balaban J connectivity index is 1.20. The summed E-state index contributed by atoms with van der Waals surface area (Å²) in [6.07, 6.45) is 8.05. The fourth-order valence-electron chi connectivity index (χ4n) is 5.68. The molecule has 1 unspecified atom stereocenters. The third-order valence-corrected chi connectivity index (χ3v) is 10.4. The molecule has 0 bridgehead atoms. The Kier molecular flexibility index (Phi) is 6.50. The Morgan fingerprint density at radius 1 is 1.11 bits per heavy atom. The predicted octanol–water partition coefficient (Wildman–Crippen LogP) is 5.88. The number of hydrogen-bond acceptors (Lipinski definition) is 6. The average Bonchev–Trinajstić information content (AvgIpc) is 3.46. The first-order valence-corrected chi connectivity index (χ1v) is 14.3. The highest BCUT2D eigenvalue weighted by atomic mass is 32.2.